The van der Waals surface area contributed by atoms with E-state index in [9.17, 15) is 4.79 Å². The topological polar surface area (TPSA) is 64.0 Å². The number of nitrogens with zero attached hydrogens (tertiary/aromatic N) is 3. The summed E-state index contributed by atoms with van der Waals surface area (Å²) in [5, 5.41) is 0.641. The van der Waals surface area contributed by atoms with E-state index in [1.165, 1.54) is 11.8 Å². The van der Waals surface area contributed by atoms with Crippen LogP contribution in [-0.2, 0) is 11.3 Å². The molecule has 6 nitrogen and oxygen atoms in total. The highest BCUT2D eigenvalue weighted by Crippen LogP contribution is 2.37. The molecule has 2 aliphatic rings. The predicted molar refractivity (Wildman–Crippen MR) is 116 cm³/mol. The standard InChI is InChI=1S/C23H17N3O3S/c27-22-21(12-16-8-9-19-20(11-16)29-15-28-19)30-23(25-18-6-2-1-3-7-18)26(22)14-17-5-4-10-24-13-17/h1-13H,14-15H2/b21-12+,25-23?. The van der Waals surface area contributed by atoms with E-state index in [1.54, 1.807) is 17.3 Å². The van der Waals surface area contributed by atoms with Gasteiger partial charge in [-0.15, -0.1) is 0 Å². The summed E-state index contributed by atoms with van der Waals surface area (Å²) in [6.45, 7) is 0.625. The first-order chi connectivity index (χ1) is 14.8. The number of benzene rings is 2. The van der Waals surface area contributed by atoms with Gasteiger partial charge < -0.3 is 9.47 Å². The summed E-state index contributed by atoms with van der Waals surface area (Å²) in [6, 6.07) is 19.1. The lowest BCUT2D eigenvalue weighted by Gasteiger charge is -2.15. The molecule has 0 atom stereocenters. The van der Waals surface area contributed by atoms with Crippen LogP contribution in [0.3, 0.4) is 0 Å². The van der Waals surface area contributed by atoms with Gasteiger partial charge in [0, 0.05) is 12.4 Å². The second-order valence-electron chi connectivity index (χ2n) is 6.71. The molecule has 5 rings (SSSR count). The van der Waals surface area contributed by atoms with Crippen LogP contribution in [0.15, 0.2) is 83.0 Å². The lowest BCUT2D eigenvalue weighted by Crippen LogP contribution is -2.28. The van der Waals surface area contributed by atoms with Crippen molar-refractivity contribution in [2.75, 3.05) is 6.79 Å². The quantitative estimate of drug-likeness (QED) is 0.582. The Hall–Kier alpha value is -3.58. The van der Waals surface area contributed by atoms with Crippen molar-refractivity contribution >= 4 is 34.6 Å². The number of amides is 1. The van der Waals surface area contributed by atoms with Gasteiger partial charge in [-0.1, -0.05) is 30.3 Å². The Balaban J connectivity index is 1.49. The van der Waals surface area contributed by atoms with E-state index in [4.69, 9.17) is 14.5 Å². The minimum Gasteiger partial charge on any atom is -0.454 e. The van der Waals surface area contributed by atoms with Gasteiger partial charge in [0.05, 0.1) is 17.1 Å². The van der Waals surface area contributed by atoms with E-state index in [0.717, 1.165) is 16.8 Å². The van der Waals surface area contributed by atoms with Gasteiger partial charge in [0.25, 0.3) is 5.91 Å². The highest BCUT2D eigenvalue weighted by molar-refractivity contribution is 8.18. The van der Waals surface area contributed by atoms with Crippen molar-refractivity contribution < 1.29 is 14.3 Å². The summed E-state index contributed by atoms with van der Waals surface area (Å²) in [5.74, 6) is 1.31. The average molecular weight is 415 g/mol. The molecule has 1 amide bonds. The number of carbonyl (C=O) groups is 1. The van der Waals surface area contributed by atoms with Gasteiger partial charge in [0.1, 0.15) is 0 Å². The van der Waals surface area contributed by atoms with E-state index >= 15 is 0 Å². The summed E-state index contributed by atoms with van der Waals surface area (Å²) in [6.07, 6.45) is 5.34. The number of thioether (sulfide) groups is 1. The highest BCUT2D eigenvalue weighted by atomic mass is 32.2. The highest BCUT2D eigenvalue weighted by Gasteiger charge is 2.33. The van der Waals surface area contributed by atoms with Crippen molar-refractivity contribution in [3.63, 3.8) is 0 Å². The molecule has 0 unspecified atom stereocenters. The molecule has 3 heterocycles. The van der Waals surface area contributed by atoms with E-state index < -0.39 is 0 Å². The smallest absolute Gasteiger partial charge is 0.267 e. The minimum atomic E-state index is -0.0869. The first kappa shape index (κ1) is 18.4. The van der Waals surface area contributed by atoms with E-state index in [-0.39, 0.29) is 12.7 Å². The normalized spacial score (nSPS) is 17.9. The van der Waals surface area contributed by atoms with Crippen molar-refractivity contribution in [2.24, 2.45) is 4.99 Å². The van der Waals surface area contributed by atoms with Crippen LogP contribution in [-0.4, -0.2) is 27.8 Å². The fraction of sp³-hybridized carbons (Fsp3) is 0.0870. The molecule has 2 aliphatic heterocycles. The second-order valence-corrected chi connectivity index (χ2v) is 7.71. The third-order valence-corrected chi connectivity index (χ3v) is 5.63. The van der Waals surface area contributed by atoms with Crippen LogP contribution < -0.4 is 9.47 Å². The van der Waals surface area contributed by atoms with Crippen molar-refractivity contribution in [1.82, 2.24) is 9.88 Å². The first-order valence-corrected chi connectivity index (χ1v) is 10.2. The van der Waals surface area contributed by atoms with Crippen LogP contribution in [0.1, 0.15) is 11.1 Å². The molecule has 1 aromatic heterocycles. The third-order valence-electron chi connectivity index (χ3n) is 4.63. The number of para-hydroxylation sites is 1. The molecule has 2 aromatic carbocycles. The molecule has 3 aromatic rings. The number of aromatic nitrogens is 1. The molecule has 0 saturated carbocycles. The molecular weight excluding hydrogens is 398 g/mol. The van der Waals surface area contributed by atoms with Crippen LogP contribution >= 0.6 is 11.8 Å². The lowest BCUT2D eigenvalue weighted by molar-refractivity contribution is -0.122. The number of ether oxygens (including phenoxy) is 2. The third kappa shape index (κ3) is 3.79. The molecule has 0 radical (unpaired) electrons. The molecule has 7 heteroatoms. The predicted octanol–water partition coefficient (Wildman–Crippen LogP) is 4.61. The average Bonchev–Trinajstić information content (AvgIpc) is 3.35. The largest absolute Gasteiger partial charge is 0.454 e. The lowest BCUT2D eigenvalue weighted by atomic mass is 10.2. The number of fused-ring (bicyclic) bond motifs is 1. The summed E-state index contributed by atoms with van der Waals surface area (Å²) in [5.41, 5.74) is 2.61. The Kier molecular flexibility index (Phi) is 4.94. The van der Waals surface area contributed by atoms with E-state index in [2.05, 4.69) is 4.98 Å². The zero-order valence-corrected chi connectivity index (χ0v) is 16.7. The van der Waals surface area contributed by atoms with Crippen LogP contribution in [0.2, 0.25) is 0 Å². The number of amidine groups is 1. The second kappa shape index (κ2) is 8.04. The van der Waals surface area contributed by atoms with E-state index in [0.29, 0.717) is 28.1 Å². The molecule has 0 N–H and O–H groups in total. The minimum absolute atomic E-state index is 0.0869. The number of pyridine rings is 1. The van der Waals surface area contributed by atoms with Crippen molar-refractivity contribution in [3.8, 4) is 11.5 Å². The fourth-order valence-electron chi connectivity index (χ4n) is 3.17. The zero-order chi connectivity index (χ0) is 20.3. The monoisotopic (exact) mass is 415 g/mol. The Bertz CT molecular complexity index is 1150. The maximum absolute atomic E-state index is 13.2. The molecular formula is C23H17N3O3S. The summed E-state index contributed by atoms with van der Waals surface area (Å²) >= 11 is 1.36. The van der Waals surface area contributed by atoms with Crippen LogP contribution in [0, 0.1) is 0 Å². The zero-order valence-electron chi connectivity index (χ0n) is 15.9. The van der Waals surface area contributed by atoms with Gasteiger partial charge in [0.15, 0.2) is 16.7 Å². The van der Waals surface area contributed by atoms with Crippen LogP contribution in [0.5, 0.6) is 11.5 Å². The number of carbonyl (C=O) groups excluding carboxylic acids is 1. The van der Waals surface area contributed by atoms with E-state index in [1.807, 2.05) is 66.7 Å². The van der Waals surface area contributed by atoms with Crippen molar-refractivity contribution in [2.45, 2.75) is 6.54 Å². The molecule has 0 spiro atoms. The van der Waals surface area contributed by atoms with Crippen LogP contribution in [0.4, 0.5) is 5.69 Å². The number of hydrogen-bond donors (Lipinski definition) is 0. The maximum Gasteiger partial charge on any atom is 0.267 e. The van der Waals surface area contributed by atoms with Gasteiger partial charge in [-0.3, -0.25) is 14.7 Å². The Labute approximate surface area is 177 Å². The molecule has 1 fully saturated rings. The van der Waals surface area contributed by atoms with Gasteiger partial charge in [0.2, 0.25) is 6.79 Å². The summed E-state index contributed by atoms with van der Waals surface area (Å²) in [7, 11) is 0. The van der Waals surface area contributed by atoms with Gasteiger partial charge >= 0.3 is 0 Å². The van der Waals surface area contributed by atoms with Gasteiger partial charge in [-0.2, -0.15) is 0 Å². The summed E-state index contributed by atoms with van der Waals surface area (Å²) in [4.78, 5) is 24.4. The number of aliphatic imine (C=N–C) groups is 1. The molecule has 148 valence electrons. The molecule has 30 heavy (non-hydrogen) atoms. The number of rotatable bonds is 4. The summed E-state index contributed by atoms with van der Waals surface area (Å²) < 4.78 is 10.8. The molecule has 0 aliphatic carbocycles. The first-order valence-electron chi connectivity index (χ1n) is 9.40. The fourth-order valence-corrected chi connectivity index (χ4v) is 4.17. The Morgan fingerprint density at radius 3 is 2.77 bits per heavy atom. The SMILES string of the molecule is O=C1/C(=C\c2ccc3c(c2)OCO3)SC(=Nc2ccccc2)N1Cc1cccnc1. The van der Waals surface area contributed by atoms with Crippen LogP contribution in [0.25, 0.3) is 6.08 Å². The van der Waals surface area contributed by atoms with Crippen molar-refractivity contribution in [1.29, 1.82) is 0 Å². The number of hydrogen-bond acceptors (Lipinski definition) is 6. The Morgan fingerprint density at radius 1 is 1.07 bits per heavy atom. The van der Waals surface area contributed by atoms with Crippen molar-refractivity contribution in [3.05, 3.63) is 89.1 Å². The maximum atomic E-state index is 13.2. The molecule has 0 bridgehead atoms. The van der Waals surface area contributed by atoms with Gasteiger partial charge in [-0.25, -0.2) is 4.99 Å². The Morgan fingerprint density at radius 2 is 1.93 bits per heavy atom. The molecule has 1 saturated heterocycles. The van der Waals surface area contributed by atoms with Gasteiger partial charge in [-0.05, 0) is 59.3 Å².